The second kappa shape index (κ2) is 7.24. The first-order valence-corrected chi connectivity index (χ1v) is 7.70. The Balaban J connectivity index is 2.31. The topological polar surface area (TPSA) is 78.7 Å². The van der Waals surface area contributed by atoms with Gasteiger partial charge >= 0.3 is 11.7 Å². The van der Waals surface area contributed by atoms with Gasteiger partial charge in [0.1, 0.15) is 0 Å². The largest absolute Gasteiger partial charge is 0.472 e. The van der Waals surface area contributed by atoms with Gasteiger partial charge in [-0.1, -0.05) is 6.92 Å². The lowest BCUT2D eigenvalue weighted by Crippen LogP contribution is -2.29. The van der Waals surface area contributed by atoms with Crippen LogP contribution in [0.2, 0.25) is 0 Å². The highest BCUT2D eigenvalue weighted by atomic mass is 16.6. The van der Waals surface area contributed by atoms with Gasteiger partial charge in [-0.05, 0) is 56.2 Å². The summed E-state index contributed by atoms with van der Waals surface area (Å²) >= 11 is 0. The third-order valence-electron chi connectivity index (χ3n) is 3.81. The van der Waals surface area contributed by atoms with E-state index in [-0.39, 0.29) is 18.0 Å². The first kappa shape index (κ1) is 16.3. The Morgan fingerprint density at radius 3 is 2.45 bits per heavy atom. The van der Waals surface area contributed by atoms with Crippen LogP contribution in [0.3, 0.4) is 0 Å². The molecule has 1 unspecified atom stereocenters. The van der Waals surface area contributed by atoms with Crippen LogP contribution in [0, 0.1) is 10.1 Å². The van der Waals surface area contributed by atoms with Crippen LogP contribution in [-0.2, 0) is 22.4 Å². The molecule has 1 atom stereocenters. The number of nitro groups is 1. The number of esters is 1. The minimum atomic E-state index is -0.819. The second-order valence-electron chi connectivity index (χ2n) is 5.32. The van der Waals surface area contributed by atoms with Crippen LogP contribution in [0.1, 0.15) is 44.2 Å². The van der Waals surface area contributed by atoms with Gasteiger partial charge in [-0.25, -0.2) is 4.79 Å². The molecule has 0 saturated heterocycles. The average molecular weight is 307 g/mol. The number of ether oxygens (including phenoxy) is 2. The number of carbonyl (C=O) groups excluding carboxylic acids is 1. The molecule has 0 spiro atoms. The number of hydrogen-bond acceptors (Lipinski definition) is 5. The van der Waals surface area contributed by atoms with Crippen molar-refractivity contribution in [3.8, 4) is 5.75 Å². The molecule has 0 aromatic heterocycles. The van der Waals surface area contributed by atoms with Crippen LogP contribution in [0.4, 0.5) is 5.69 Å². The summed E-state index contributed by atoms with van der Waals surface area (Å²) in [5.74, 6) is -0.331. The summed E-state index contributed by atoms with van der Waals surface area (Å²) in [5.41, 5.74) is 2.00. The van der Waals surface area contributed by atoms with E-state index in [4.69, 9.17) is 9.47 Å². The fourth-order valence-electron chi connectivity index (χ4n) is 2.67. The summed E-state index contributed by atoms with van der Waals surface area (Å²) in [7, 11) is 0. The number of aryl methyl sites for hydroxylation is 2. The molecule has 0 fully saturated rings. The molecule has 1 aromatic rings. The van der Waals surface area contributed by atoms with Crippen LogP contribution < -0.4 is 4.74 Å². The van der Waals surface area contributed by atoms with Crippen molar-refractivity contribution in [1.82, 2.24) is 0 Å². The van der Waals surface area contributed by atoms with Gasteiger partial charge in [0.25, 0.3) is 0 Å². The lowest BCUT2D eigenvalue weighted by atomic mass is 9.91. The summed E-state index contributed by atoms with van der Waals surface area (Å²) in [5, 5.41) is 11.3. The lowest BCUT2D eigenvalue weighted by molar-refractivity contribution is -0.386. The molecular formula is C16H21NO5. The summed E-state index contributed by atoms with van der Waals surface area (Å²) < 4.78 is 10.6. The maximum absolute atomic E-state index is 11.8. The average Bonchev–Trinajstić information content (AvgIpc) is 2.51. The predicted molar refractivity (Wildman–Crippen MR) is 81.1 cm³/mol. The number of carbonyl (C=O) groups is 1. The Bertz CT molecular complexity index is 570. The Kier molecular flexibility index (Phi) is 5.35. The SMILES string of the molecule is CCOC(=O)C(CC)Oc1cc2c(cc1[N+](=O)[O-])CCCC2. The number of fused-ring (bicyclic) bond motifs is 1. The highest BCUT2D eigenvalue weighted by Gasteiger charge is 2.26. The van der Waals surface area contributed by atoms with Crippen molar-refractivity contribution in [3.05, 3.63) is 33.4 Å². The number of hydrogen-bond donors (Lipinski definition) is 0. The fourth-order valence-corrected chi connectivity index (χ4v) is 2.67. The van der Waals surface area contributed by atoms with E-state index < -0.39 is 17.0 Å². The Hall–Kier alpha value is -2.11. The van der Waals surface area contributed by atoms with Gasteiger partial charge in [0.05, 0.1) is 11.5 Å². The maximum Gasteiger partial charge on any atom is 0.347 e. The molecule has 6 heteroatoms. The molecule has 0 N–H and O–H groups in total. The van der Waals surface area contributed by atoms with Crippen LogP contribution >= 0.6 is 0 Å². The smallest absolute Gasteiger partial charge is 0.347 e. The molecule has 1 aliphatic rings. The monoisotopic (exact) mass is 307 g/mol. The van der Waals surface area contributed by atoms with Gasteiger partial charge in [0.15, 0.2) is 11.9 Å². The van der Waals surface area contributed by atoms with Gasteiger partial charge in [-0.15, -0.1) is 0 Å². The zero-order chi connectivity index (χ0) is 16.1. The van der Waals surface area contributed by atoms with E-state index in [9.17, 15) is 14.9 Å². The summed E-state index contributed by atoms with van der Waals surface area (Å²) in [6, 6.07) is 3.30. The highest BCUT2D eigenvalue weighted by molar-refractivity contribution is 5.75. The maximum atomic E-state index is 11.8. The first-order chi connectivity index (χ1) is 10.6. The zero-order valence-electron chi connectivity index (χ0n) is 13.0. The zero-order valence-corrected chi connectivity index (χ0v) is 13.0. The van der Waals surface area contributed by atoms with Crippen molar-refractivity contribution in [1.29, 1.82) is 0 Å². The molecule has 0 heterocycles. The molecule has 1 aliphatic carbocycles. The molecule has 1 aromatic carbocycles. The Morgan fingerprint density at radius 1 is 1.27 bits per heavy atom. The van der Waals surface area contributed by atoms with Crippen molar-refractivity contribution in [2.45, 2.75) is 52.1 Å². The molecule has 120 valence electrons. The van der Waals surface area contributed by atoms with E-state index in [1.807, 2.05) is 0 Å². The molecule has 0 aliphatic heterocycles. The molecule has 0 radical (unpaired) electrons. The lowest BCUT2D eigenvalue weighted by Gasteiger charge is -2.20. The third kappa shape index (κ3) is 3.55. The van der Waals surface area contributed by atoms with Crippen LogP contribution in [-0.4, -0.2) is 23.6 Å². The Labute approximate surface area is 129 Å². The van der Waals surface area contributed by atoms with Gasteiger partial charge in [-0.3, -0.25) is 10.1 Å². The molecule has 2 rings (SSSR count). The van der Waals surface area contributed by atoms with Crippen LogP contribution in [0.25, 0.3) is 0 Å². The first-order valence-electron chi connectivity index (χ1n) is 7.70. The minimum absolute atomic E-state index is 0.0802. The summed E-state index contributed by atoms with van der Waals surface area (Å²) in [6.45, 7) is 3.75. The highest BCUT2D eigenvalue weighted by Crippen LogP contribution is 2.35. The van der Waals surface area contributed by atoms with E-state index in [0.29, 0.717) is 6.42 Å². The summed E-state index contributed by atoms with van der Waals surface area (Å²) in [6.07, 6.45) is 3.43. The standard InChI is InChI=1S/C16H21NO5/c1-3-14(16(18)21-4-2)22-15-10-12-8-6-5-7-11(12)9-13(15)17(19)20/h9-10,14H,3-8H2,1-2H3. The molecular weight excluding hydrogens is 286 g/mol. The Morgan fingerprint density at radius 2 is 1.91 bits per heavy atom. The molecule has 6 nitrogen and oxygen atoms in total. The normalized spacial score (nSPS) is 14.8. The third-order valence-corrected chi connectivity index (χ3v) is 3.81. The van der Waals surface area contributed by atoms with Crippen molar-refractivity contribution in [2.24, 2.45) is 0 Å². The molecule has 0 amide bonds. The molecule has 22 heavy (non-hydrogen) atoms. The van der Waals surface area contributed by atoms with Crippen molar-refractivity contribution in [3.63, 3.8) is 0 Å². The van der Waals surface area contributed by atoms with Crippen LogP contribution in [0.15, 0.2) is 12.1 Å². The predicted octanol–water partition coefficient (Wildman–Crippen LogP) is 3.19. The van der Waals surface area contributed by atoms with E-state index >= 15 is 0 Å². The van der Waals surface area contributed by atoms with Gasteiger partial charge in [-0.2, -0.15) is 0 Å². The van der Waals surface area contributed by atoms with E-state index in [2.05, 4.69) is 0 Å². The summed E-state index contributed by atoms with van der Waals surface area (Å²) in [4.78, 5) is 22.7. The van der Waals surface area contributed by atoms with Crippen molar-refractivity contribution < 1.29 is 19.2 Å². The second-order valence-corrected chi connectivity index (χ2v) is 5.32. The number of rotatable bonds is 6. The number of nitro benzene ring substituents is 1. The molecule has 0 bridgehead atoms. The van der Waals surface area contributed by atoms with E-state index in [1.165, 1.54) is 0 Å². The van der Waals surface area contributed by atoms with Crippen LogP contribution in [0.5, 0.6) is 5.75 Å². The van der Waals surface area contributed by atoms with Gasteiger partial charge in [0.2, 0.25) is 0 Å². The van der Waals surface area contributed by atoms with Gasteiger partial charge < -0.3 is 9.47 Å². The van der Waals surface area contributed by atoms with Gasteiger partial charge in [0, 0.05) is 6.07 Å². The molecule has 0 saturated carbocycles. The number of benzene rings is 1. The minimum Gasteiger partial charge on any atom is -0.472 e. The van der Waals surface area contributed by atoms with E-state index in [1.54, 1.807) is 26.0 Å². The van der Waals surface area contributed by atoms with Crippen molar-refractivity contribution in [2.75, 3.05) is 6.61 Å². The number of nitrogens with zero attached hydrogens (tertiary/aromatic N) is 1. The van der Waals surface area contributed by atoms with Crippen molar-refractivity contribution >= 4 is 11.7 Å². The van der Waals surface area contributed by atoms with E-state index in [0.717, 1.165) is 36.8 Å². The fraction of sp³-hybridized carbons (Fsp3) is 0.562. The quantitative estimate of drug-likeness (QED) is 0.458.